The SMILES string of the molecule is CCC[N+](C)(C)CCCC(=O)CSSCC(=O)NCC[N+](C)(C)CCC. The third kappa shape index (κ3) is 14.9. The summed E-state index contributed by atoms with van der Waals surface area (Å²) in [5.74, 6) is 1.27. The van der Waals surface area contributed by atoms with Gasteiger partial charge in [0.05, 0.1) is 72.4 Å². The Kier molecular flexibility index (Phi) is 13.7. The highest BCUT2D eigenvalue weighted by atomic mass is 33.1. The Morgan fingerprint density at radius 3 is 1.92 bits per heavy atom. The van der Waals surface area contributed by atoms with E-state index in [1.165, 1.54) is 28.0 Å². The Morgan fingerprint density at radius 1 is 0.808 bits per heavy atom. The van der Waals surface area contributed by atoms with Gasteiger partial charge in [0.2, 0.25) is 5.91 Å². The van der Waals surface area contributed by atoms with Gasteiger partial charge in [0.1, 0.15) is 5.78 Å². The summed E-state index contributed by atoms with van der Waals surface area (Å²) in [7, 11) is 11.8. The Balaban J connectivity index is 3.69. The van der Waals surface area contributed by atoms with Crippen molar-refractivity contribution in [2.45, 2.75) is 39.5 Å². The molecular formula is C19H41N3O2S2+2. The van der Waals surface area contributed by atoms with Gasteiger partial charge >= 0.3 is 0 Å². The minimum atomic E-state index is 0.0602. The minimum Gasteiger partial charge on any atom is -0.350 e. The second-order valence-electron chi connectivity index (χ2n) is 8.28. The first kappa shape index (κ1) is 25.8. The summed E-state index contributed by atoms with van der Waals surface area (Å²) in [5.41, 5.74) is 0. The van der Waals surface area contributed by atoms with E-state index in [-0.39, 0.29) is 11.7 Å². The average molecular weight is 408 g/mol. The maximum atomic E-state index is 11.9. The number of ketones is 1. The van der Waals surface area contributed by atoms with E-state index in [9.17, 15) is 9.59 Å². The molecule has 0 fully saturated rings. The van der Waals surface area contributed by atoms with Crippen LogP contribution in [0.25, 0.3) is 0 Å². The highest BCUT2D eigenvalue weighted by Crippen LogP contribution is 2.21. The summed E-state index contributed by atoms with van der Waals surface area (Å²) in [5, 5.41) is 2.97. The summed E-state index contributed by atoms with van der Waals surface area (Å²) in [4.78, 5) is 23.8. The normalized spacial score (nSPS) is 12.2. The average Bonchev–Trinajstić information content (AvgIpc) is 2.51. The van der Waals surface area contributed by atoms with Crippen LogP contribution in [0, 0.1) is 0 Å². The van der Waals surface area contributed by atoms with Crippen LogP contribution in [0.2, 0.25) is 0 Å². The largest absolute Gasteiger partial charge is 0.350 e. The molecule has 5 nitrogen and oxygen atoms in total. The minimum absolute atomic E-state index is 0.0602. The smallest absolute Gasteiger partial charge is 0.231 e. The summed E-state index contributed by atoms with van der Waals surface area (Å²) in [6.45, 7) is 9.36. The molecule has 0 heterocycles. The van der Waals surface area contributed by atoms with Crippen molar-refractivity contribution in [3.05, 3.63) is 0 Å². The van der Waals surface area contributed by atoms with Gasteiger partial charge in [-0.3, -0.25) is 9.59 Å². The Hall–Kier alpha value is -0.240. The summed E-state index contributed by atoms with van der Waals surface area (Å²) in [6.07, 6.45) is 3.92. The van der Waals surface area contributed by atoms with Crippen molar-refractivity contribution in [2.24, 2.45) is 0 Å². The Bertz CT molecular complexity index is 378. The molecule has 7 heteroatoms. The second kappa shape index (κ2) is 13.9. The molecule has 0 unspecified atom stereocenters. The van der Waals surface area contributed by atoms with Crippen LogP contribution in [0.15, 0.2) is 0 Å². The van der Waals surface area contributed by atoms with Gasteiger partial charge in [-0.25, -0.2) is 0 Å². The van der Waals surface area contributed by atoms with Gasteiger partial charge in [0.25, 0.3) is 0 Å². The predicted molar refractivity (Wildman–Crippen MR) is 116 cm³/mol. The van der Waals surface area contributed by atoms with Crippen LogP contribution in [0.1, 0.15) is 39.5 Å². The third-order valence-electron chi connectivity index (χ3n) is 4.41. The Morgan fingerprint density at radius 2 is 1.35 bits per heavy atom. The van der Waals surface area contributed by atoms with Crippen LogP contribution in [0.5, 0.6) is 0 Å². The van der Waals surface area contributed by atoms with Crippen molar-refractivity contribution in [2.75, 3.05) is 72.4 Å². The summed E-state index contributed by atoms with van der Waals surface area (Å²) < 4.78 is 1.92. The van der Waals surface area contributed by atoms with Crippen molar-refractivity contribution < 1.29 is 18.6 Å². The summed E-state index contributed by atoms with van der Waals surface area (Å²) in [6, 6.07) is 0. The van der Waals surface area contributed by atoms with Crippen molar-refractivity contribution in [1.29, 1.82) is 0 Å². The van der Waals surface area contributed by atoms with Gasteiger partial charge < -0.3 is 14.3 Å². The fraction of sp³-hybridized carbons (Fsp3) is 0.895. The van der Waals surface area contributed by atoms with E-state index in [1.54, 1.807) is 0 Å². The van der Waals surface area contributed by atoms with E-state index in [4.69, 9.17) is 0 Å². The number of nitrogens with zero attached hydrogens (tertiary/aromatic N) is 2. The first-order valence-corrected chi connectivity index (χ1v) is 12.3. The highest BCUT2D eigenvalue weighted by molar-refractivity contribution is 8.77. The molecule has 0 saturated carbocycles. The highest BCUT2D eigenvalue weighted by Gasteiger charge is 2.15. The fourth-order valence-corrected chi connectivity index (χ4v) is 4.83. The topological polar surface area (TPSA) is 46.2 Å². The lowest BCUT2D eigenvalue weighted by Gasteiger charge is -2.29. The molecule has 0 aromatic rings. The van der Waals surface area contributed by atoms with E-state index in [0.29, 0.717) is 24.5 Å². The summed E-state index contributed by atoms with van der Waals surface area (Å²) >= 11 is 0. The lowest BCUT2D eigenvalue weighted by molar-refractivity contribution is -0.890. The zero-order valence-corrected chi connectivity index (χ0v) is 19.4. The lowest BCUT2D eigenvalue weighted by atomic mass is 10.2. The maximum absolute atomic E-state index is 11.9. The number of amides is 1. The molecule has 154 valence electrons. The van der Waals surface area contributed by atoms with E-state index >= 15 is 0 Å². The molecule has 0 rings (SSSR count). The van der Waals surface area contributed by atoms with Crippen LogP contribution < -0.4 is 5.32 Å². The standard InChI is InChI=1S/C19H40N3O2S2/c1-7-12-21(3,4)14-9-10-18(23)16-25-26-17-19(24)20-11-15-22(5,6)13-8-2/h7-17H2,1-6H3/q+1/p+1. The van der Waals surface area contributed by atoms with Crippen LogP contribution in [-0.2, 0) is 9.59 Å². The lowest BCUT2D eigenvalue weighted by Crippen LogP contribution is -2.46. The van der Waals surface area contributed by atoms with E-state index in [1.807, 2.05) is 0 Å². The molecule has 0 aliphatic heterocycles. The first-order chi connectivity index (χ1) is 12.1. The molecule has 1 N–H and O–H groups in total. The molecule has 0 spiro atoms. The first-order valence-electron chi connectivity index (χ1n) is 9.78. The number of Topliss-reactive ketones (excluding diaryl/α,β-unsaturated/α-hetero) is 1. The van der Waals surface area contributed by atoms with Gasteiger partial charge in [-0.1, -0.05) is 35.4 Å². The monoisotopic (exact) mass is 407 g/mol. The molecule has 0 aliphatic carbocycles. The Labute approximate surface area is 169 Å². The number of likely N-dealkylation sites (N-methyl/N-ethyl adjacent to an activating group) is 1. The zero-order valence-electron chi connectivity index (χ0n) is 17.8. The molecule has 0 aliphatic rings. The molecule has 0 atom stereocenters. The van der Waals surface area contributed by atoms with Crippen molar-refractivity contribution in [3.8, 4) is 0 Å². The van der Waals surface area contributed by atoms with Crippen LogP contribution in [0.4, 0.5) is 0 Å². The zero-order chi connectivity index (χ0) is 20.1. The molecule has 1 amide bonds. The predicted octanol–water partition coefficient (Wildman–Crippen LogP) is 2.81. The van der Waals surface area contributed by atoms with Crippen molar-refractivity contribution in [3.63, 3.8) is 0 Å². The fourth-order valence-electron chi connectivity index (χ4n) is 2.96. The number of nitrogens with one attached hydrogen (secondary N) is 1. The molecular weight excluding hydrogens is 366 g/mol. The van der Waals surface area contributed by atoms with Gasteiger partial charge in [-0.05, 0) is 12.8 Å². The van der Waals surface area contributed by atoms with E-state index in [0.717, 1.165) is 48.0 Å². The van der Waals surface area contributed by atoms with Gasteiger partial charge in [-0.15, -0.1) is 0 Å². The maximum Gasteiger partial charge on any atom is 0.231 e. The quantitative estimate of drug-likeness (QED) is 0.243. The van der Waals surface area contributed by atoms with Crippen LogP contribution >= 0.6 is 21.6 Å². The molecule has 0 saturated heterocycles. The number of hydrogen-bond donors (Lipinski definition) is 1. The molecule has 26 heavy (non-hydrogen) atoms. The van der Waals surface area contributed by atoms with E-state index < -0.39 is 0 Å². The number of carbonyl (C=O) groups excluding carboxylic acids is 2. The van der Waals surface area contributed by atoms with Crippen molar-refractivity contribution >= 4 is 33.3 Å². The number of quaternary nitrogens is 2. The van der Waals surface area contributed by atoms with Gasteiger partial charge in [0.15, 0.2) is 0 Å². The van der Waals surface area contributed by atoms with Gasteiger partial charge in [-0.2, -0.15) is 0 Å². The molecule has 0 radical (unpaired) electrons. The third-order valence-corrected chi connectivity index (χ3v) is 6.60. The number of rotatable bonds is 16. The number of carbonyl (C=O) groups is 2. The van der Waals surface area contributed by atoms with Crippen LogP contribution in [-0.4, -0.2) is 93.1 Å². The molecule has 0 aromatic carbocycles. The molecule has 0 aromatic heterocycles. The second-order valence-corrected chi connectivity index (χ2v) is 10.7. The van der Waals surface area contributed by atoms with Crippen LogP contribution in [0.3, 0.4) is 0 Å². The van der Waals surface area contributed by atoms with Crippen molar-refractivity contribution in [1.82, 2.24) is 5.32 Å². The van der Waals surface area contributed by atoms with Gasteiger partial charge in [0, 0.05) is 12.8 Å². The number of hydrogen-bond acceptors (Lipinski definition) is 4. The van der Waals surface area contributed by atoms with E-state index in [2.05, 4.69) is 47.4 Å². The molecule has 0 bridgehead atoms.